The summed E-state index contributed by atoms with van der Waals surface area (Å²) in [4.78, 5) is 31.0. The van der Waals surface area contributed by atoms with Crippen molar-refractivity contribution in [3.05, 3.63) is 59.8 Å². The highest BCUT2D eigenvalue weighted by Crippen LogP contribution is 2.31. The third-order valence-electron chi connectivity index (χ3n) is 5.06. The second-order valence-electron chi connectivity index (χ2n) is 7.56. The first kappa shape index (κ1) is 21.1. The average molecular weight is 433 g/mol. The summed E-state index contributed by atoms with van der Waals surface area (Å²) >= 11 is 0. The van der Waals surface area contributed by atoms with E-state index in [1.807, 2.05) is 0 Å². The molecule has 1 atom stereocenters. The van der Waals surface area contributed by atoms with E-state index in [1.165, 1.54) is 9.58 Å². The minimum atomic E-state index is -1.48. The van der Waals surface area contributed by atoms with Crippen LogP contribution in [0.4, 0.5) is 11.8 Å². The van der Waals surface area contributed by atoms with Gasteiger partial charge in [0.15, 0.2) is 17.3 Å². The molecule has 0 radical (unpaired) electrons. The summed E-state index contributed by atoms with van der Waals surface area (Å²) < 4.78 is 1.51. The molecule has 0 saturated heterocycles. The zero-order valence-corrected chi connectivity index (χ0v) is 18.1. The maximum absolute atomic E-state index is 12.8. The smallest absolute Gasteiger partial charge is 0.274 e. The maximum atomic E-state index is 12.8. The van der Waals surface area contributed by atoms with Crippen molar-refractivity contribution in [2.75, 3.05) is 32.2 Å². The molecule has 0 saturated carbocycles. The van der Waals surface area contributed by atoms with Crippen LogP contribution in [0.15, 0.2) is 42.7 Å². The lowest BCUT2D eigenvalue weighted by Gasteiger charge is -2.22. The van der Waals surface area contributed by atoms with E-state index in [1.54, 1.807) is 70.8 Å². The van der Waals surface area contributed by atoms with Crippen LogP contribution in [-0.4, -0.2) is 66.8 Å². The van der Waals surface area contributed by atoms with Crippen molar-refractivity contribution < 1.29 is 9.90 Å². The Morgan fingerprint density at radius 1 is 1.19 bits per heavy atom. The molecule has 0 bridgehead atoms. The zero-order valence-electron chi connectivity index (χ0n) is 18.1. The fourth-order valence-electron chi connectivity index (χ4n) is 3.33. The molecule has 0 aliphatic rings. The van der Waals surface area contributed by atoms with Crippen LogP contribution < -0.4 is 11.1 Å². The highest BCUT2D eigenvalue weighted by atomic mass is 16.3. The van der Waals surface area contributed by atoms with Crippen LogP contribution in [-0.2, 0) is 5.60 Å². The number of nitrogens with one attached hydrogen (secondary N) is 1. The zero-order chi connectivity index (χ0) is 23.0. The van der Waals surface area contributed by atoms with E-state index < -0.39 is 5.60 Å². The summed E-state index contributed by atoms with van der Waals surface area (Å²) in [7, 11) is 5.02. The Balaban J connectivity index is 1.98. The Morgan fingerprint density at radius 2 is 1.91 bits per heavy atom. The lowest BCUT2D eigenvalue weighted by molar-refractivity contribution is 0.0823. The quantitative estimate of drug-likeness (QED) is 0.422. The Hall–Kier alpha value is -4.12. The molecule has 0 aliphatic heterocycles. The number of benzene rings is 1. The van der Waals surface area contributed by atoms with E-state index in [9.17, 15) is 9.90 Å². The number of carbonyl (C=O) groups excluding carboxylic acids is 1. The van der Waals surface area contributed by atoms with Gasteiger partial charge in [-0.15, -0.1) is 0 Å². The normalized spacial score (nSPS) is 13.0. The van der Waals surface area contributed by atoms with Crippen LogP contribution in [0.5, 0.6) is 0 Å². The second-order valence-corrected chi connectivity index (χ2v) is 7.56. The summed E-state index contributed by atoms with van der Waals surface area (Å²) in [5.41, 5.74) is 5.73. The fraction of sp³-hybridized carbons (Fsp3) is 0.238. The molecule has 1 aromatic carbocycles. The number of hydrogen-bond donors (Lipinski definition) is 3. The fourth-order valence-corrected chi connectivity index (χ4v) is 3.33. The van der Waals surface area contributed by atoms with E-state index in [0.29, 0.717) is 28.1 Å². The summed E-state index contributed by atoms with van der Waals surface area (Å²) in [5.74, 6) is 0.904. The van der Waals surface area contributed by atoms with Gasteiger partial charge in [-0.05, 0) is 30.7 Å². The summed E-state index contributed by atoms with van der Waals surface area (Å²) in [6, 6.07) is 8.55. The highest BCUT2D eigenvalue weighted by molar-refractivity contribution is 6.05. The van der Waals surface area contributed by atoms with Gasteiger partial charge in [-0.1, -0.05) is 6.07 Å². The molecule has 4 aromatic rings. The molecule has 0 spiro atoms. The molecule has 1 unspecified atom stereocenters. The van der Waals surface area contributed by atoms with Crippen LogP contribution >= 0.6 is 0 Å². The number of amides is 1. The molecule has 0 fully saturated rings. The lowest BCUT2D eigenvalue weighted by Crippen LogP contribution is -2.25. The van der Waals surface area contributed by atoms with Crippen LogP contribution in [0.1, 0.15) is 28.8 Å². The molecule has 0 aliphatic carbocycles. The van der Waals surface area contributed by atoms with E-state index in [0.717, 1.165) is 0 Å². The topological polar surface area (TPSA) is 148 Å². The van der Waals surface area contributed by atoms with Crippen molar-refractivity contribution in [1.82, 2.24) is 34.6 Å². The number of anilines is 2. The number of nitrogen functional groups attached to an aromatic ring is 1. The standard InChI is InChI=1S/C21H23N9O2/c1-21(32,19-24-8-5-9-25-19)12-6-7-13-14(10-12)30(28-17(13)18(31)29(3)4)16-11-15(23-2)26-20(22)27-16/h5-11,32H,1-4H3,(H3,22,23,26,27). The van der Waals surface area contributed by atoms with Crippen molar-refractivity contribution in [1.29, 1.82) is 0 Å². The van der Waals surface area contributed by atoms with Crippen molar-refractivity contribution in [3.63, 3.8) is 0 Å². The third kappa shape index (κ3) is 3.58. The molecule has 4 rings (SSSR count). The molecule has 164 valence electrons. The SMILES string of the molecule is CNc1cc(-n2nc(C(=O)N(C)C)c3ccc(C(C)(O)c4ncccn4)cc32)nc(N)n1. The largest absolute Gasteiger partial charge is 0.377 e. The Labute approximate surface area is 184 Å². The van der Waals surface area contributed by atoms with Gasteiger partial charge in [0.05, 0.1) is 5.52 Å². The second kappa shape index (κ2) is 7.85. The summed E-state index contributed by atoms with van der Waals surface area (Å²) in [6.45, 7) is 1.61. The maximum Gasteiger partial charge on any atom is 0.274 e. The van der Waals surface area contributed by atoms with E-state index in [-0.39, 0.29) is 23.4 Å². The van der Waals surface area contributed by atoms with Crippen molar-refractivity contribution >= 4 is 28.6 Å². The highest BCUT2D eigenvalue weighted by Gasteiger charge is 2.30. The molecule has 11 nitrogen and oxygen atoms in total. The van der Waals surface area contributed by atoms with Gasteiger partial charge >= 0.3 is 0 Å². The van der Waals surface area contributed by atoms with Crippen LogP contribution in [0.25, 0.3) is 16.7 Å². The number of aliphatic hydroxyl groups is 1. The first-order valence-electron chi connectivity index (χ1n) is 9.80. The number of hydrogen-bond acceptors (Lipinski definition) is 9. The molecular weight excluding hydrogens is 410 g/mol. The predicted octanol–water partition coefficient (Wildman–Crippen LogP) is 1.19. The monoisotopic (exact) mass is 433 g/mol. The van der Waals surface area contributed by atoms with Gasteiger partial charge in [0.25, 0.3) is 5.91 Å². The summed E-state index contributed by atoms with van der Waals surface area (Å²) in [5, 5.41) is 19.3. The van der Waals surface area contributed by atoms with Gasteiger partial charge in [0, 0.05) is 45.0 Å². The van der Waals surface area contributed by atoms with Crippen LogP contribution in [0, 0.1) is 0 Å². The molecule has 32 heavy (non-hydrogen) atoms. The Kier molecular flexibility index (Phi) is 5.18. The van der Waals surface area contributed by atoms with Gasteiger partial charge < -0.3 is 21.1 Å². The van der Waals surface area contributed by atoms with Gasteiger partial charge in [0.1, 0.15) is 11.4 Å². The van der Waals surface area contributed by atoms with Gasteiger partial charge in [-0.2, -0.15) is 15.1 Å². The number of carbonyl (C=O) groups is 1. The first-order chi connectivity index (χ1) is 15.2. The number of nitrogens with zero attached hydrogens (tertiary/aromatic N) is 7. The van der Waals surface area contributed by atoms with Crippen molar-refractivity contribution in [3.8, 4) is 5.82 Å². The van der Waals surface area contributed by atoms with Gasteiger partial charge in [0.2, 0.25) is 5.95 Å². The number of nitrogens with two attached hydrogens (primary N) is 1. The Morgan fingerprint density at radius 3 is 2.56 bits per heavy atom. The molecule has 3 heterocycles. The van der Waals surface area contributed by atoms with E-state index in [2.05, 4.69) is 30.4 Å². The number of rotatable bonds is 5. The minimum absolute atomic E-state index is 0.0526. The van der Waals surface area contributed by atoms with Crippen LogP contribution in [0.2, 0.25) is 0 Å². The van der Waals surface area contributed by atoms with Crippen molar-refractivity contribution in [2.24, 2.45) is 0 Å². The number of fused-ring (bicyclic) bond motifs is 1. The third-order valence-corrected chi connectivity index (χ3v) is 5.06. The summed E-state index contributed by atoms with van der Waals surface area (Å²) in [6.07, 6.45) is 3.13. The van der Waals surface area contributed by atoms with Gasteiger partial charge in [-0.3, -0.25) is 4.79 Å². The molecule has 3 aromatic heterocycles. The number of aromatic nitrogens is 6. The van der Waals surface area contributed by atoms with Crippen molar-refractivity contribution in [2.45, 2.75) is 12.5 Å². The van der Waals surface area contributed by atoms with Crippen LogP contribution in [0.3, 0.4) is 0 Å². The first-order valence-corrected chi connectivity index (χ1v) is 9.80. The average Bonchev–Trinajstić information content (AvgIpc) is 3.17. The van der Waals surface area contributed by atoms with E-state index >= 15 is 0 Å². The molecule has 11 heteroatoms. The van der Waals surface area contributed by atoms with Gasteiger partial charge in [-0.25, -0.2) is 14.6 Å². The Bertz CT molecular complexity index is 1300. The van der Waals surface area contributed by atoms with E-state index in [4.69, 9.17) is 5.73 Å². The lowest BCUT2D eigenvalue weighted by atomic mass is 9.94. The molecule has 4 N–H and O–H groups in total. The molecular formula is C21H23N9O2. The predicted molar refractivity (Wildman–Crippen MR) is 119 cm³/mol. The molecule has 1 amide bonds. The minimum Gasteiger partial charge on any atom is -0.377 e.